The molecule has 48 valence electrons. The molecule has 0 atom stereocenters. The standard InChI is InChI=1S/C6H7NOS/c7-5-2-1-4(8)3-6(5)9/h1-3,8-9H,7H2. The highest BCUT2D eigenvalue weighted by molar-refractivity contribution is 7.80. The van der Waals surface area contributed by atoms with Crippen LogP contribution in [0.1, 0.15) is 0 Å². The van der Waals surface area contributed by atoms with Crippen LogP contribution in [0.3, 0.4) is 0 Å². The van der Waals surface area contributed by atoms with Gasteiger partial charge in [0.1, 0.15) is 5.75 Å². The van der Waals surface area contributed by atoms with Crippen molar-refractivity contribution in [2.45, 2.75) is 4.90 Å². The van der Waals surface area contributed by atoms with Crippen LogP contribution < -0.4 is 5.73 Å². The minimum Gasteiger partial charge on any atom is -0.508 e. The molecule has 0 saturated heterocycles. The van der Waals surface area contributed by atoms with Crippen LogP contribution in [0.2, 0.25) is 0 Å². The fraction of sp³-hybridized carbons (Fsp3) is 0. The Balaban J connectivity index is 3.17. The molecule has 0 spiro atoms. The zero-order valence-electron chi connectivity index (χ0n) is 4.70. The van der Waals surface area contributed by atoms with Crippen LogP contribution in [0.4, 0.5) is 5.69 Å². The van der Waals surface area contributed by atoms with Crippen molar-refractivity contribution in [1.29, 1.82) is 0 Å². The van der Waals surface area contributed by atoms with Crippen LogP contribution in [-0.2, 0) is 0 Å². The molecule has 3 heteroatoms. The van der Waals surface area contributed by atoms with E-state index in [1.54, 1.807) is 6.07 Å². The van der Waals surface area contributed by atoms with Gasteiger partial charge in [0.25, 0.3) is 0 Å². The largest absolute Gasteiger partial charge is 0.508 e. The molecule has 1 aromatic rings. The van der Waals surface area contributed by atoms with Gasteiger partial charge in [0.2, 0.25) is 0 Å². The highest BCUT2D eigenvalue weighted by Crippen LogP contribution is 2.20. The fourth-order valence-electron chi connectivity index (χ4n) is 0.532. The second-order valence-electron chi connectivity index (χ2n) is 1.74. The molecule has 0 heterocycles. The second-order valence-corrected chi connectivity index (χ2v) is 2.22. The molecule has 1 rings (SSSR count). The lowest BCUT2D eigenvalue weighted by atomic mass is 10.3. The van der Waals surface area contributed by atoms with Gasteiger partial charge in [-0.05, 0) is 18.2 Å². The summed E-state index contributed by atoms with van der Waals surface area (Å²) in [7, 11) is 0. The summed E-state index contributed by atoms with van der Waals surface area (Å²) in [6.07, 6.45) is 0. The van der Waals surface area contributed by atoms with E-state index < -0.39 is 0 Å². The van der Waals surface area contributed by atoms with Crippen molar-refractivity contribution in [2.24, 2.45) is 0 Å². The number of anilines is 1. The lowest BCUT2D eigenvalue weighted by molar-refractivity contribution is 0.474. The van der Waals surface area contributed by atoms with E-state index in [2.05, 4.69) is 12.6 Å². The number of phenols is 1. The zero-order chi connectivity index (χ0) is 6.85. The molecule has 3 N–H and O–H groups in total. The van der Waals surface area contributed by atoms with E-state index in [-0.39, 0.29) is 5.75 Å². The van der Waals surface area contributed by atoms with Gasteiger partial charge in [0, 0.05) is 10.6 Å². The lowest BCUT2D eigenvalue weighted by Crippen LogP contribution is -1.84. The number of hydrogen-bond donors (Lipinski definition) is 3. The Morgan fingerprint density at radius 3 is 2.56 bits per heavy atom. The molecule has 9 heavy (non-hydrogen) atoms. The van der Waals surface area contributed by atoms with E-state index >= 15 is 0 Å². The van der Waals surface area contributed by atoms with Crippen molar-refractivity contribution in [1.82, 2.24) is 0 Å². The molecule has 2 nitrogen and oxygen atoms in total. The first-order chi connectivity index (χ1) is 4.20. The normalized spacial score (nSPS) is 9.44. The van der Waals surface area contributed by atoms with E-state index in [0.29, 0.717) is 10.6 Å². The first kappa shape index (κ1) is 6.29. The molecule has 0 aliphatic rings. The summed E-state index contributed by atoms with van der Waals surface area (Å²) in [5.41, 5.74) is 5.98. The first-order valence-corrected chi connectivity index (χ1v) is 2.92. The summed E-state index contributed by atoms with van der Waals surface area (Å²) in [6.45, 7) is 0. The molecule has 0 radical (unpaired) electrons. The summed E-state index contributed by atoms with van der Waals surface area (Å²) in [4.78, 5) is 0.606. The maximum absolute atomic E-state index is 8.83. The SMILES string of the molecule is Nc1ccc(O)cc1S. The molecule has 0 amide bonds. The van der Waals surface area contributed by atoms with Crippen molar-refractivity contribution in [2.75, 3.05) is 5.73 Å². The van der Waals surface area contributed by atoms with E-state index in [9.17, 15) is 0 Å². The monoisotopic (exact) mass is 141 g/mol. The molecular weight excluding hydrogens is 134 g/mol. The van der Waals surface area contributed by atoms with Crippen LogP contribution in [0.5, 0.6) is 5.75 Å². The number of benzene rings is 1. The van der Waals surface area contributed by atoms with E-state index in [1.807, 2.05) is 0 Å². The Morgan fingerprint density at radius 1 is 1.44 bits per heavy atom. The second kappa shape index (κ2) is 2.19. The smallest absolute Gasteiger partial charge is 0.116 e. The number of nitrogens with two attached hydrogens (primary N) is 1. The minimum atomic E-state index is 0.189. The van der Waals surface area contributed by atoms with Crippen molar-refractivity contribution in [3.63, 3.8) is 0 Å². The van der Waals surface area contributed by atoms with Crippen molar-refractivity contribution in [3.05, 3.63) is 18.2 Å². The first-order valence-electron chi connectivity index (χ1n) is 2.47. The van der Waals surface area contributed by atoms with Crippen molar-refractivity contribution < 1.29 is 5.11 Å². The number of rotatable bonds is 0. The van der Waals surface area contributed by atoms with Gasteiger partial charge in [-0.1, -0.05) is 0 Å². The van der Waals surface area contributed by atoms with Gasteiger partial charge in [0.15, 0.2) is 0 Å². The highest BCUT2D eigenvalue weighted by Gasteiger charge is 1.92. The summed E-state index contributed by atoms with van der Waals surface area (Å²) < 4.78 is 0. The molecule has 0 saturated carbocycles. The molecule has 0 aliphatic carbocycles. The average molecular weight is 141 g/mol. The zero-order valence-corrected chi connectivity index (χ0v) is 5.60. The number of phenolic OH excluding ortho intramolecular Hbond substituents is 1. The predicted octanol–water partition coefficient (Wildman–Crippen LogP) is 1.26. The Bertz CT molecular complexity index is 224. The third-order valence-corrected chi connectivity index (χ3v) is 1.40. The Morgan fingerprint density at radius 2 is 2.11 bits per heavy atom. The summed E-state index contributed by atoms with van der Waals surface area (Å²) >= 11 is 3.98. The van der Waals surface area contributed by atoms with E-state index in [0.717, 1.165) is 0 Å². The molecule has 0 unspecified atom stereocenters. The molecule has 0 bridgehead atoms. The van der Waals surface area contributed by atoms with Gasteiger partial charge in [-0.25, -0.2) is 0 Å². The summed E-state index contributed by atoms with van der Waals surface area (Å²) in [6, 6.07) is 4.63. The van der Waals surface area contributed by atoms with Crippen LogP contribution in [-0.4, -0.2) is 5.11 Å². The Hall–Kier alpha value is -0.830. The topological polar surface area (TPSA) is 46.2 Å². The number of nitrogen functional groups attached to an aromatic ring is 1. The summed E-state index contributed by atoms with van der Waals surface area (Å²) in [5.74, 6) is 0.189. The quantitative estimate of drug-likeness (QED) is 0.289. The molecule has 0 aromatic heterocycles. The highest BCUT2D eigenvalue weighted by atomic mass is 32.1. The van der Waals surface area contributed by atoms with Gasteiger partial charge in [0.05, 0.1) is 0 Å². The van der Waals surface area contributed by atoms with Crippen LogP contribution >= 0.6 is 12.6 Å². The van der Waals surface area contributed by atoms with Crippen LogP contribution in [0.15, 0.2) is 23.1 Å². The summed E-state index contributed by atoms with van der Waals surface area (Å²) in [5, 5.41) is 8.83. The van der Waals surface area contributed by atoms with Gasteiger partial charge < -0.3 is 10.8 Å². The number of hydrogen-bond acceptors (Lipinski definition) is 3. The molecular formula is C6H7NOS. The maximum Gasteiger partial charge on any atom is 0.116 e. The fourth-order valence-corrected chi connectivity index (χ4v) is 0.739. The van der Waals surface area contributed by atoms with Crippen molar-refractivity contribution >= 4 is 18.3 Å². The Kier molecular flexibility index (Phi) is 1.53. The Labute approximate surface area is 58.7 Å². The average Bonchev–Trinajstić information content (AvgIpc) is 1.80. The van der Waals surface area contributed by atoms with Crippen LogP contribution in [0.25, 0.3) is 0 Å². The minimum absolute atomic E-state index is 0.189. The van der Waals surface area contributed by atoms with Crippen LogP contribution in [0, 0.1) is 0 Å². The number of thiol groups is 1. The molecule has 1 aromatic carbocycles. The van der Waals surface area contributed by atoms with E-state index in [4.69, 9.17) is 10.8 Å². The van der Waals surface area contributed by atoms with Gasteiger partial charge >= 0.3 is 0 Å². The molecule has 0 aliphatic heterocycles. The maximum atomic E-state index is 8.83. The van der Waals surface area contributed by atoms with E-state index in [1.165, 1.54) is 12.1 Å². The van der Waals surface area contributed by atoms with Gasteiger partial charge in [-0.2, -0.15) is 0 Å². The van der Waals surface area contributed by atoms with Gasteiger partial charge in [-0.15, -0.1) is 12.6 Å². The molecule has 0 fully saturated rings. The van der Waals surface area contributed by atoms with Gasteiger partial charge in [-0.3, -0.25) is 0 Å². The van der Waals surface area contributed by atoms with Crippen molar-refractivity contribution in [3.8, 4) is 5.75 Å². The third-order valence-electron chi connectivity index (χ3n) is 1.01. The lowest BCUT2D eigenvalue weighted by Gasteiger charge is -1.96. The number of aromatic hydroxyl groups is 1. The predicted molar refractivity (Wildman–Crippen MR) is 39.8 cm³/mol. The third kappa shape index (κ3) is 1.29.